The Morgan fingerprint density at radius 1 is 0.909 bits per heavy atom. The molecule has 0 aromatic carbocycles. The van der Waals surface area contributed by atoms with E-state index in [1.54, 1.807) is 11.3 Å². The second-order valence-electron chi connectivity index (χ2n) is 9.01. The molecule has 0 amide bonds. The molecule has 176 valence electrons. The highest BCUT2D eigenvalue weighted by atomic mass is 32.1. The SMILES string of the molecule is CCOc1nc(N2CCNCC2)c2sc3nc(N4CCOCC4)c4c(c3c2n1)CCCCC4. The van der Waals surface area contributed by atoms with E-state index in [1.807, 2.05) is 6.92 Å². The Hall–Kier alpha value is -2.23. The minimum absolute atomic E-state index is 0.484. The van der Waals surface area contributed by atoms with Crippen LogP contribution in [0.25, 0.3) is 20.4 Å². The van der Waals surface area contributed by atoms with E-state index in [-0.39, 0.29) is 0 Å². The largest absolute Gasteiger partial charge is 0.464 e. The molecule has 3 aliphatic rings. The monoisotopic (exact) mass is 468 g/mol. The first-order valence-electron chi connectivity index (χ1n) is 12.4. The molecule has 0 atom stereocenters. The Kier molecular flexibility index (Phi) is 5.94. The first-order valence-corrected chi connectivity index (χ1v) is 13.2. The summed E-state index contributed by atoms with van der Waals surface area (Å²) in [6.07, 6.45) is 5.90. The molecule has 5 heterocycles. The van der Waals surface area contributed by atoms with Crippen molar-refractivity contribution in [3.05, 3.63) is 11.1 Å². The van der Waals surface area contributed by atoms with Crippen molar-refractivity contribution in [1.29, 1.82) is 0 Å². The van der Waals surface area contributed by atoms with E-state index in [1.165, 1.54) is 41.6 Å². The third kappa shape index (κ3) is 3.90. The van der Waals surface area contributed by atoms with Crippen LogP contribution in [0.2, 0.25) is 0 Å². The van der Waals surface area contributed by atoms with Gasteiger partial charge in [0.1, 0.15) is 16.2 Å². The fourth-order valence-electron chi connectivity index (χ4n) is 5.37. The predicted octanol–water partition coefficient (Wildman–Crippen LogP) is 3.15. The zero-order valence-corrected chi connectivity index (χ0v) is 20.2. The van der Waals surface area contributed by atoms with Crippen LogP contribution in [-0.4, -0.2) is 74.0 Å². The van der Waals surface area contributed by atoms with Crippen LogP contribution >= 0.6 is 11.3 Å². The van der Waals surface area contributed by atoms with Crippen molar-refractivity contribution in [3.8, 4) is 6.01 Å². The second-order valence-corrected chi connectivity index (χ2v) is 10.0. The molecule has 0 radical (unpaired) electrons. The summed E-state index contributed by atoms with van der Waals surface area (Å²) in [4.78, 5) is 21.0. The summed E-state index contributed by atoms with van der Waals surface area (Å²) in [5.74, 6) is 2.18. The second kappa shape index (κ2) is 9.19. The number of nitrogens with zero attached hydrogens (tertiary/aromatic N) is 5. The molecule has 0 bridgehead atoms. The highest BCUT2D eigenvalue weighted by molar-refractivity contribution is 7.26. The molecule has 2 fully saturated rings. The van der Waals surface area contributed by atoms with Crippen molar-refractivity contribution in [2.45, 2.75) is 39.0 Å². The summed E-state index contributed by atoms with van der Waals surface area (Å²) < 4.78 is 12.6. The molecule has 0 saturated carbocycles. The van der Waals surface area contributed by atoms with Gasteiger partial charge in [-0.3, -0.25) is 0 Å². The lowest BCUT2D eigenvalue weighted by Crippen LogP contribution is -2.44. The first-order chi connectivity index (χ1) is 16.3. The summed E-state index contributed by atoms with van der Waals surface area (Å²) in [5.41, 5.74) is 3.92. The lowest BCUT2D eigenvalue weighted by atomic mass is 9.99. The van der Waals surface area contributed by atoms with Crippen LogP contribution < -0.4 is 19.9 Å². The maximum absolute atomic E-state index is 5.85. The predicted molar refractivity (Wildman–Crippen MR) is 133 cm³/mol. The summed E-state index contributed by atoms with van der Waals surface area (Å²) in [6, 6.07) is 0.484. The fraction of sp³-hybridized carbons (Fsp3) is 0.625. The number of pyridine rings is 1. The van der Waals surface area contributed by atoms with Crippen molar-refractivity contribution in [1.82, 2.24) is 20.3 Å². The Labute approximate surface area is 198 Å². The molecular formula is C24H32N6O2S. The molecular weight excluding hydrogens is 436 g/mol. The van der Waals surface area contributed by atoms with Gasteiger partial charge in [-0.1, -0.05) is 6.42 Å². The number of anilines is 2. The van der Waals surface area contributed by atoms with Crippen molar-refractivity contribution >= 4 is 43.4 Å². The molecule has 3 aromatic heterocycles. The molecule has 0 unspecified atom stereocenters. The summed E-state index contributed by atoms with van der Waals surface area (Å²) >= 11 is 1.75. The van der Waals surface area contributed by atoms with Crippen molar-refractivity contribution in [3.63, 3.8) is 0 Å². The van der Waals surface area contributed by atoms with Crippen LogP contribution in [0.1, 0.15) is 37.3 Å². The topological polar surface area (TPSA) is 75.6 Å². The van der Waals surface area contributed by atoms with E-state index in [9.17, 15) is 0 Å². The van der Waals surface area contributed by atoms with Crippen LogP contribution in [-0.2, 0) is 17.6 Å². The maximum atomic E-state index is 5.85. The summed E-state index contributed by atoms with van der Waals surface area (Å²) in [6.45, 7) is 9.75. The standard InChI is InChI=1S/C24H32N6O2S/c1-2-32-24-26-19-18-16-6-4-3-5-7-17(16)21(30-12-14-31-15-13-30)27-23(18)33-20(19)22(28-24)29-10-8-25-9-11-29/h25H,2-15H2,1H3. The van der Waals surface area contributed by atoms with Crippen molar-refractivity contribution in [2.24, 2.45) is 0 Å². The van der Waals surface area contributed by atoms with Crippen LogP contribution in [0.3, 0.4) is 0 Å². The number of piperazine rings is 1. The zero-order valence-electron chi connectivity index (χ0n) is 19.4. The molecule has 2 aliphatic heterocycles. The number of nitrogens with one attached hydrogen (secondary N) is 1. The van der Waals surface area contributed by atoms with Gasteiger partial charge in [-0.05, 0) is 43.7 Å². The Bertz CT molecular complexity index is 1150. The zero-order chi connectivity index (χ0) is 22.2. The van der Waals surface area contributed by atoms with E-state index < -0.39 is 0 Å². The molecule has 33 heavy (non-hydrogen) atoms. The summed E-state index contributed by atoms with van der Waals surface area (Å²) in [7, 11) is 0. The highest BCUT2D eigenvalue weighted by Crippen LogP contribution is 2.44. The van der Waals surface area contributed by atoms with Gasteiger partial charge >= 0.3 is 6.01 Å². The number of morpholine rings is 1. The highest BCUT2D eigenvalue weighted by Gasteiger charge is 2.27. The number of aromatic nitrogens is 3. The first kappa shape index (κ1) is 21.3. The van der Waals surface area contributed by atoms with E-state index in [4.69, 9.17) is 24.4 Å². The van der Waals surface area contributed by atoms with E-state index in [2.05, 4.69) is 15.1 Å². The van der Waals surface area contributed by atoms with Crippen LogP contribution in [0, 0.1) is 0 Å². The molecule has 6 rings (SSSR count). The fourth-order valence-corrected chi connectivity index (χ4v) is 6.53. The molecule has 1 N–H and O–H groups in total. The molecule has 9 heteroatoms. The number of fused-ring (bicyclic) bond motifs is 5. The normalized spacial score (nSPS) is 19.7. The van der Waals surface area contributed by atoms with Crippen molar-refractivity contribution in [2.75, 3.05) is 68.9 Å². The number of ether oxygens (including phenoxy) is 2. The third-order valence-electron chi connectivity index (χ3n) is 6.97. The van der Waals surface area contributed by atoms with Gasteiger partial charge in [-0.25, -0.2) is 4.98 Å². The number of hydrogen-bond donors (Lipinski definition) is 1. The Morgan fingerprint density at radius 3 is 2.45 bits per heavy atom. The number of thiophene rings is 1. The van der Waals surface area contributed by atoms with Crippen LogP contribution in [0.15, 0.2) is 0 Å². The molecule has 0 spiro atoms. The van der Waals surface area contributed by atoms with Gasteiger partial charge in [0, 0.05) is 44.7 Å². The lowest BCUT2D eigenvalue weighted by molar-refractivity contribution is 0.122. The minimum atomic E-state index is 0.484. The van der Waals surface area contributed by atoms with Gasteiger partial charge in [0.05, 0.1) is 24.5 Å². The maximum Gasteiger partial charge on any atom is 0.319 e. The molecule has 8 nitrogen and oxygen atoms in total. The average molecular weight is 469 g/mol. The van der Waals surface area contributed by atoms with E-state index >= 15 is 0 Å². The van der Waals surface area contributed by atoms with Gasteiger partial charge in [0.25, 0.3) is 0 Å². The van der Waals surface area contributed by atoms with E-state index in [0.29, 0.717) is 12.6 Å². The molecule has 2 saturated heterocycles. The van der Waals surface area contributed by atoms with Gasteiger partial charge < -0.3 is 24.6 Å². The summed E-state index contributed by atoms with van der Waals surface area (Å²) in [5, 5.41) is 4.69. The average Bonchev–Trinajstić information content (AvgIpc) is 3.05. The van der Waals surface area contributed by atoms with Gasteiger partial charge in [0.15, 0.2) is 5.82 Å². The number of rotatable bonds is 4. The van der Waals surface area contributed by atoms with Gasteiger partial charge in [-0.2, -0.15) is 9.97 Å². The minimum Gasteiger partial charge on any atom is -0.464 e. The number of hydrogen-bond acceptors (Lipinski definition) is 9. The smallest absolute Gasteiger partial charge is 0.319 e. The van der Waals surface area contributed by atoms with Crippen LogP contribution in [0.5, 0.6) is 6.01 Å². The lowest BCUT2D eigenvalue weighted by Gasteiger charge is -2.30. The Balaban J connectivity index is 1.60. The quantitative estimate of drug-likeness (QED) is 0.586. The third-order valence-corrected chi connectivity index (χ3v) is 8.04. The van der Waals surface area contributed by atoms with E-state index in [0.717, 1.165) is 86.2 Å². The number of aryl methyl sites for hydroxylation is 1. The molecule has 1 aliphatic carbocycles. The Morgan fingerprint density at radius 2 is 1.67 bits per heavy atom. The molecule has 3 aromatic rings. The van der Waals surface area contributed by atoms with Gasteiger partial charge in [-0.15, -0.1) is 11.3 Å². The van der Waals surface area contributed by atoms with Crippen LogP contribution in [0.4, 0.5) is 11.6 Å². The van der Waals surface area contributed by atoms with Gasteiger partial charge in [0.2, 0.25) is 0 Å². The van der Waals surface area contributed by atoms with Crippen molar-refractivity contribution < 1.29 is 9.47 Å².